The molecule has 1 N–H and O–H groups in total. The summed E-state index contributed by atoms with van der Waals surface area (Å²) in [6.45, 7) is 4.23. The monoisotopic (exact) mass is 490 g/mol. The van der Waals surface area contributed by atoms with Crippen LogP contribution in [0.2, 0.25) is 0 Å². The third-order valence-electron chi connectivity index (χ3n) is 6.01. The summed E-state index contributed by atoms with van der Waals surface area (Å²) in [6.07, 6.45) is 0.0846. The zero-order valence-electron chi connectivity index (χ0n) is 19.8. The predicted octanol–water partition coefficient (Wildman–Crippen LogP) is 1.92. The number of para-hydroxylation sites is 3. The first kappa shape index (κ1) is 24.6. The number of aromatic nitrogens is 2. The van der Waals surface area contributed by atoms with Gasteiger partial charge >= 0.3 is 0 Å². The Balaban J connectivity index is 1.36. The number of carbonyl (C=O) groups excluding carboxylic acids is 2. The molecular weight excluding hydrogens is 464 g/mol. The van der Waals surface area contributed by atoms with E-state index in [2.05, 4.69) is 15.3 Å². The zero-order valence-corrected chi connectivity index (χ0v) is 19.8. The molecule has 0 unspecified atom stereocenters. The second kappa shape index (κ2) is 10.8. The van der Waals surface area contributed by atoms with E-state index in [1.165, 1.54) is 28.9 Å². The highest BCUT2D eigenvalue weighted by Gasteiger charge is 2.23. The number of nitrogens with one attached hydrogen (secondary N) is 1. The maximum absolute atomic E-state index is 12.7. The number of aryl methyl sites for hydroxylation is 1. The van der Waals surface area contributed by atoms with Gasteiger partial charge in [0.05, 0.1) is 4.92 Å². The topological polar surface area (TPSA) is 131 Å². The van der Waals surface area contributed by atoms with Crippen LogP contribution in [0, 0.1) is 17.0 Å². The summed E-state index contributed by atoms with van der Waals surface area (Å²) in [4.78, 5) is 52.6. The Morgan fingerprint density at radius 3 is 2.39 bits per heavy atom. The normalized spacial score (nSPS) is 13.4. The predicted molar refractivity (Wildman–Crippen MR) is 133 cm³/mol. The third kappa shape index (κ3) is 5.40. The second-order valence-corrected chi connectivity index (χ2v) is 8.37. The lowest BCUT2D eigenvalue weighted by molar-refractivity contribution is -0.384. The molecule has 11 heteroatoms. The molecule has 186 valence electrons. The van der Waals surface area contributed by atoms with E-state index < -0.39 is 22.0 Å². The van der Waals surface area contributed by atoms with Crippen LogP contribution in [-0.2, 0) is 4.79 Å². The van der Waals surface area contributed by atoms with Crippen molar-refractivity contribution in [3.05, 3.63) is 92.4 Å². The van der Waals surface area contributed by atoms with Gasteiger partial charge in [-0.2, -0.15) is 5.10 Å². The molecule has 3 aromatic rings. The molecule has 2 aromatic carbocycles. The molecule has 1 saturated heterocycles. The molecule has 0 aliphatic carbocycles. The summed E-state index contributed by atoms with van der Waals surface area (Å²) in [6, 6.07) is 17.1. The number of benzene rings is 2. The summed E-state index contributed by atoms with van der Waals surface area (Å²) in [7, 11) is 0. The molecule has 1 aliphatic rings. The van der Waals surface area contributed by atoms with Gasteiger partial charge in [-0.15, -0.1) is 0 Å². The van der Waals surface area contributed by atoms with Gasteiger partial charge in [0.2, 0.25) is 11.3 Å². The average Bonchev–Trinajstić information content (AvgIpc) is 2.89. The molecule has 1 aliphatic heterocycles. The molecule has 2 amide bonds. The van der Waals surface area contributed by atoms with Crippen molar-refractivity contribution in [1.82, 2.24) is 20.0 Å². The van der Waals surface area contributed by atoms with Crippen LogP contribution in [0.15, 0.2) is 65.5 Å². The Labute approximate surface area is 207 Å². The lowest BCUT2D eigenvalue weighted by Crippen LogP contribution is -2.49. The summed E-state index contributed by atoms with van der Waals surface area (Å²) in [5.41, 5.74) is 0.385. The number of amides is 2. The molecule has 36 heavy (non-hydrogen) atoms. The number of nitro groups is 1. The third-order valence-corrected chi connectivity index (χ3v) is 6.01. The highest BCUT2D eigenvalue weighted by atomic mass is 16.6. The fraction of sp³-hybridized carbons (Fsp3) is 0.280. The van der Waals surface area contributed by atoms with Crippen LogP contribution in [0.5, 0.6) is 0 Å². The van der Waals surface area contributed by atoms with Gasteiger partial charge in [-0.05, 0) is 25.1 Å². The maximum Gasteiger partial charge on any atom is 0.294 e. The van der Waals surface area contributed by atoms with Crippen molar-refractivity contribution in [3.63, 3.8) is 0 Å². The standard InChI is InChI=1S/C25H26N6O5/c1-18-17-22(32)24(27-30(18)20-9-5-6-10-21(20)31(35)36)25(34)26-12-11-23(33)29-15-13-28(14-16-29)19-7-3-2-4-8-19/h2-10,17H,11-16H2,1H3,(H,26,34). The molecule has 0 bridgehead atoms. The molecule has 4 rings (SSSR count). The summed E-state index contributed by atoms with van der Waals surface area (Å²) in [5, 5.41) is 18.1. The van der Waals surface area contributed by atoms with Gasteiger partial charge in [-0.1, -0.05) is 30.3 Å². The SMILES string of the molecule is Cc1cc(=O)c(C(=O)NCCC(=O)N2CCN(c3ccccc3)CC2)nn1-c1ccccc1[N+](=O)[O-]. The van der Waals surface area contributed by atoms with Gasteiger partial charge in [0.25, 0.3) is 11.6 Å². The minimum absolute atomic E-state index is 0.0387. The molecule has 11 nitrogen and oxygen atoms in total. The average molecular weight is 491 g/mol. The van der Waals surface area contributed by atoms with Gasteiger partial charge in [0.15, 0.2) is 5.69 Å². The Hall–Kier alpha value is -4.54. The van der Waals surface area contributed by atoms with Gasteiger partial charge in [0.1, 0.15) is 5.69 Å². The van der Waals surface area contributed by atoms with Crippen molar-refractivity contribution in [2.45, 2.75) is 13.3 Å². The fourth-order valence-corrected chi connectivity index (χ4v) is 4.12. The maximum atomic E-state index is 12.7. The van der Waals surface area contributed by atoms with Crippen LogP contribution >= 0.6 is 0 Å². The number of carbonyl (C=O) groups is 2. The van der Waals surface area contributed by atoms with Crippen molar-refractivity contribution in [3.8, 4) is 5.69 Å². The summed E-state index contributed by atoms with van der Waals surface area (Å²) in [5.74, 6) is -0.828. The van der Waals surface area contributed by atoms with Crippen LogP contribution in [0.25, 0.3) is 5.69 Å². The van der Waals surface area contributed by atoms with Crippen LogP contribution in [0.3, 0.4) is 0 Å². The molecular formula is C25H26N6O5. The quantitative estimate of drug-likeness (QED) is 0.395. The number of anilines is 1. The van der Waals surface area contributed by atoms with Gasteiger partial charge in [-0.3, -0.25) is 24.5 Å². The van der Waals surface area contributed by atoms with Crippen LogP contribution < -0.4 is 15.6 Å². The number of nitro benzene ring substituents is 1. The first-order chi connectivity index (χ1) is 17.3. The highest BCUT2D eigenvalue weighted by Crippen LogP contribution is 2.22. The fourth-order valence-electron chi connectivity index (χ4n) is 4.12. The van der Waals surface area contributed by atoms with E-state index in [4.69, 9.17) is 0 Å². The van der Waals surface area contributed by atoms with E-state index in [0.717, 1.165) is 18.8 Å². The first-order valence-corrected chi connectivity index (χ1v) is 11.6. The molecule has 1 aromatic heterocycles. The van der Waals surface area contributed by atoms with Crippen molar-refractivity contribution in [1.29, 1.82) is 0 Å². The second-order valence-electron chi connectivity index (χ2n) is 8.37. The molecule has 0 atom stereocenters. The lowest BCUT2D eigenvalue weighted by Gasteiger charge is -2.36. The lowest BCUT2D eigenvalue weighted by atomic mass is 10.2. The molecule has 1 fully saturated rings. The largest absolute Gasteiger partial charge is 0.368 e. The first-order valence-electron chi connectivity index (χ1n) is 11.6. The van der Waals surface area contributed by atoms with E-state index in [1.807, 2.05) is 30.3 Å². The van der Waals surface area contributed by atoms with Gasteiger partial charge < -0.3 is 15.1 Å². The van der Waals surface area contributed by atoms with Crippen molar-refractivity contribution < 1.29 is 14.5 Å². The molecule has 0 radical (unpaired) electrons. The Morgan fingerprint density at radius 2 is 1.69 bits per heavy atom. The minimum atomic E-state index is -0.742. The van der Waals surface area contributed by atoms with Crippen LogP contribution in [0.1, 0.15) is 22.6 Å². The molecule has 2 heterocycles. The number of piperazine rings is 1. The van der Waals surface area contributed by atoms with Crippen molar-refractivity contribution >= 4 is 23.2 Å². The van der Waals surface area contributed by atoms with Crippen LogP contribution in [0.4, 0.5) is 11.4 Å². The molecule has 0 spiro atoms. The summed E-state index contributed by atoms with van der Waals surface area (Å²) >= 11 is 0. The minimum Gasteiger partial charge on any atom is -0.368 e. The van der Waals surface area contributed by atoms with E-state index in [-0.39, 0.29) is 30.2 Å². The van der Waals surface area contributed by atoms with E-state index in [1.54, 1.807) is 17.9 Å². The van der Waals surface area contributed by atoms with Crippen LogP contribution in [-0.4, -0.2) is 64.1 Å². The molecule has 0 saturated carbocycles. The zero-order chi connectivity index (χ0) is 25.7. The van der Waals surface area contributed by atoms with Gasteiger partial charge in [0, 0.05) is 62.7 Å². The Kier molecular flexibility index (Phi) is 7.38. The highest BCUT2D eigenvalue weighted by molar-refractivity contribution is 5.92. The number of hydrogen-bond donors (Lipinski definition) is 1. The van der Waals surface area contributed by atoms with E-state index in [0.29, 0.717) is 18.8 Å². The van der Waals surface area contributed by atoms with E-state index >= 15 is 0 Å². The Morgan fingerprint density at radius 1 is 1.03 bits per heavy atom. The number of rotatable bonds is 7. The van der Waals surface area contributed by atoms with E-state index in [9.17, 15) is 24.5 Å². The Bertz CT molecular complexity index is 1330. The van der Waals surface area contributed by atoms with Crippen molar-refractivity contribution in [2.75, 3.05) is 37.6 Å². The van der Waals surface area contributed by atoms with Gasteiger partial charge in [-0.25, -0.2) is 4.68 Å². The van der Waals surface area contributed by atoms with Crippen molar-refractivity contribution in [2.24, 2.45) is 0 Å². The smallest absolute Gasteiger partial charge is 0.294 e. The number of hydrogen-bond acceptors (Lipinski definition) is 7. The summed E-state index contributed by atoms with van der Waals surface area (Å²) < 4.78 is 1.20. The number of nitrogens with zero attached hydrogens (tertiary/aromatic N) is 5.